The average Bonchev–Trinajstić information content (AvgIpc) is 2.40. The molecular weight excluding hydrogens is 213 g/mol. The van der Waals surface area contributed by atoms with Gasteiger partial charge in [0.05, 0.1) is 6.54 Å². The maximum absolute atomic E-state index is 12.6. The van der Waals surface area contributed by atoms with Crippen molar-refractivity contribution in [2.75, 3.05) is 13.2 Å². The van der Waals surface area contributed by atoms with E-state index in [-0.39, 0.29) is 19.0 Å². The molecule has 1 N–H and O–H groups in total. The van der Waals surface area contributed by atoms with Crippen molar-refractivity contribution in [3.63, 3.8) is 0 Å². The van der Waals surface area contributed by atoms with Crippen LogP contribution in [0.15, 0.2) is 0 Å². The quantitative estimate of drug-likeness (QED) is 0.750. The highest BCUT2D eigenvalue weighted by atomic mass is 19.1. The maximum Gasteiger partial charge on any atom is 0.410 e. The molecule has 0 spiro atoms. The number of carbonyl (C=O) groups excluding carboxylic acids is 1. The average molecular weight is 233 g/mol. The molecule has 0 aromatic heterocycles. The molecule has 0 aromatic rings. The Balaban J connectivity index is 2.65. The van der Waals surface area contributed by atoms with Gasteiger partial charge in [0.2, 0.25) is 0 Å². The molecule has 2 atom stereocenters. The Kier molecular flexibility index (Phi) is 3.47. The number of nitrogens with zero attached hydrogens (tertiary/aromatic N) is 1. The first-order chi connectivity index (χ1) is 7.17. The zero-order chi connectivity index (χ0) is 12.6. The Morgan fingerprint density at radius 2 is 2.19 bits per heavy atom. The number of rotatable bonds is 1. The fourth-order valence-corrected chi connectivity index (χ4v) is 1.86. The van der Waals surface area contributed by atoms with Crippen LogP contribution in [0.25, 0.3) is 0 Å². The monoisotopic (exact) mass is 233 g/mol. The van der Waals surface area contributed by atoms with Crippen molar-refractivity contribution in [1.29, 1.82) is 0 Å². The first-order valence-electron chi connectivity index (χ1n) is 5.45. The smallest absolute Gasteiger partial charge is 0.410 e. The highest BCUT2D eigenvalue weighted by Gasteiger charge is 2.44. The lowest BCUT2D eigenvalue weighted by molar-refractivity contribution is 0.00550. The van der Waals surface area contributed by atoms with Crippen molar-refractivity contribution < 1.29 is 19.0 Å². The predicted octanol–water partition coefficient (Wildman–Crippen LogP) is 1.72. The molecule has 0 aliphatic carbocycles. The standard InChI is InChI=1S/C11H20FNO3/c1-8-5-11(15,6-12)7-13(8)9(14)16-10(2,3)4/h8,15H,5-7H2,1-4H3/t8-,11?/m1/s1. The summed E-state index contributed by atoms with van der Waals surface area (Å²) in [6.07, 6.45) is -0.243. The zero-order valence-corrected chi connectivity index (χ0v) is 10.3. The molecule has 0 saturated carbocycles. The van der Waals surface area contributed by atoms with Crippen molar-refractivity contribution >= 4 is 6.09 Å². The van der Waals surface area contributed by atoms with E-state index in [4.69, 9.17) is 4.74 Å². The lowest BCUT2D eigenvalue weighted by Gasteiger charge is -2.27. The van der Waals surface area contributed by atoms with E-state index < -0.39 is 24.0 Å². The van der Waals surface area contributed by atoms with Crippen LogP contribution in [0.2, 0.25) is 0 Å². The fraction of sp³-hybridized carbons (Fsp3) is 0.909. The number of likely N-dealkylation sites (tertiary alicyclic amines) is 1. The molecule has 0 bridgehead atoms. The number of β-amino-alcohol motifs (C(OH)–C–C–N with tert-alkyl or cyclic N) is 1. The third kappa shape index (κ3) is 3.07. The summed E-state index contributed by atoms with van der Waals surface area (Å²) in [5.74, 6) is 0. The molecule has 1 saturated heterocycles. The summed E-state index contributed by atoms with van der Waals surface area (Å²) in [6.45, 7) is 6.25. The first kappa shape index (κ1) is 13.2. The molecular formula is C11H20FNO3. The van der Waals surface area contributed by atoms with Crippen molar-refractivity contribution in [2.45, 2.75) is 51.4 Å². The van der Waals surface area contributed by atoms with Gasteiger partial charge in [0.15, 0.2) is 0 Å². The molecule has 5 heteroatoms. The van der Waals surface area contributed by atoms with Gasteiger partial charge in [-0.3, -0.25) is 0 Å². The van der Waals surface area contributed by atoms with Crippen LogP contribution in [0, 0.1) is 0 Å². The van der Waals surface area contributed by atoms with Crippen molar-refractivity contribution in [2.24, 2.45) is 0 Å². The molecule has 4 nitrogen and oxygen atoms in total. The summed E-state index contributed by atoms with van der Waals surface area (Å²) in [5.41, 5.74) is -1.98. The van der Waals surface area contributed by atoms with Crippen LogP contribution < -0.4 is 0 Å². The van der Waals surface area contributed by atoms with E-state index in [0.29, 0.717) is 0 Å². The van der Waals surface area contributed by atoms with E-state index in [2.05, 4.69) is 0 Å². The normalized spacial score (nSPS) is 30.6. The number of halogens is 1. The summed E-state index contributed by atoms with van der Waals surface area (Å²) in [5, 5.41) is 9.76. The van der Waals surface area contributed by atoms with Crippen LogP contribution in [-0.2, 0) is 4.74 Å². The van der Waals surface area contributed by atoms with Gasteiger partial charge in [-0.25, -0.2) is 9.18 Å². The Bertz CT molecular complexity index is 277. The van der Waals surface area contributed by atoms with Crippen LogP contribution in [0.3, 0.4) is 0 Å². The van der Waals surface area contributed by atoms with Gasteiger partial charge in [0.25, 0.3) is 0 Å². The largest absolute Gasteiger partial charge is 0.444 e. The second-order valence-electron chi connectivity index (χ2n) is 5.52. The lowest BCUT2D eigenvalue weighted by atomic mass is 10.0. The third-order valence-corrected chi connectivity index (χ3v) is 2.55. The van der Waals surface area contributed by atoms with E-state index in [1.807, 2.05) is 0 Å². The second-order valence-corrected chi connectivity index (χ2v) is 5.52. The van der Waals surface area contributed by atoms with Gasteiger partial charge in [0, 0.05) is 12.5 Å². The van der Waals surface area contributed by atoms with Crippen molar-refractivity contribution in [3.05, 3.63) is 0 Å². The predicted molar refractivity (Wildman–Crippen MR) is 57.9 cm³/mol. The summed E-state index contributed by atoms with van der Waals surface area (Å²) in [4.78, 5) is 13.1. The van der Waals surface area contributed by atoms with Gasteiger partial charge in [-0.05, 0) is 27.7 Å². The number of aliphatic hydroxyl groups is 1. The molecule has 0 aromatic carbocycles. The summed E-state index contributed by atoms with van der Waals surface area (Å²) in [6, 6.07) is -0.199. The van der Waals surface area contributed by atoms with Gasteiger partial charge in [0.1, 0.15) is 17.9 Å². The lowest BCUT2D eigenvalue weighted by Crippen LogP contribution is -2.41. The number of hydrogen-bond donors (Lipinski definition) is 1. The van der Waals surface area contributed by atoms with Crippen LogP contribution in [0.5, 0.6) is 0 Å². The summed E-state index contributed by atoms with van der Waals surface area (Å²) in [7, 11) is 0. The molecule has 1 aliphatic rings. The van der Waals surface area contributed by atoms with E-state index in [1.54, 1.807) is 27.7 Å². The van der Waals surface area contributed by atoms with Crippen molar-refractivity contribution in [1.82, 2.24) is 4.90 Å². The first-order valence-corrected chi connectivity index (χ1v) is 5.45. The number of hydrogen-bond acceptors (Lipinski definition) is 3. The fourth-order valence-electron chi connectivity index (χ4n) is 1.86. The minimum atomic E-state index is -1.41. The molecule has 1 fully saturated rings. The Labute approximate surface area is 95.4 Å². The third-order valence-electron chi connectivity index (χ3n) is 2.55. The number of alkyl halides is 1. The number of ether oxygens (including phenoxy) is 1. The Morgan fingerprint density at radius 1 is 1.62 bits per heavy atom. The highest BCUT2D eigenvalue weighted by molar-refractivity contribution is 5.69. The maximum atomic E-state index is 12.6. The summed E-state index contributed by atoms with van der Waals surface area (Å²) >= 11 is 0. The Hall–Kier alpha value is -0.840. The number of amides is 1. The Morgan fingerprint density at radius 3 is 2.56 bits per heavy atom. The molecule has 1 aliphatic heterocycles. The topological polar surface area (TPSA) is 49.8 Å². The molecule has 1 unspecified atom stereocenters. The minimum Gasteiger partial charge on any atom is -0.444 e. The van der Waals surface area contributed by atoms with Gasteiger partial charge < -0.3 is 14.7 Å². The van der Waals surface area contributed by atoms with Gasteiger partial charge in [-0.15, -0.1) is 0 Å². The van der Waals surface area contributed by atoms with Crippen LogP contribution in [-0.4, -0.2) is 46.6 Å². The molecule has 1 rings (SSSR count). The van der Waals surface area contributed by atoms with Gasteiger partial charge >= 0.3 is 6.09 Å². The van der Waals surface area contributed by atoms with E-state index in [9.17, 15) is 14.3 Å². The van der Waals surface area contributed by atoms with Crippen LogP contribution in [0.1, 0.15) is 34.1 Å². The SMILES string of the molecule is C[C@@H]1CC(O)(CF)CN1C(=O)OC(C)(C)C. The molecule has 16 heavy (non-hydrogen) atoms. The van der Waals surface area contributed by atoms with Crippen LogP contribution in [0.4, 0.5) is 9.18 Å². The zero-order valence-electron chi connectivity index (χ0n) is 10.3. The number of carbonyl (C=O) groups is 1. The second kappa shape index (κ2) is 4.20. The highest BCUT2D eigenvalue weighted by Crippen LogP contribution is 2.28. The summed E-state index contributed by atoms with van der Waals surface area (Å²) < 4.78 is 17.8. The van der Waals surface area contributed by atoms with Gasteiger partial charge in [-0.1, -0.05) is 0 Å². The van der Waals surface area contributed by atoms with Gasteiger partial charge in [-0.2, -0.15) is 0 Å². The van der Waals surface area contributed by atoms with E-state index in [0.717, 1.165) is 0 Å². The minimum absolute atomic E-state index is 0.000417. The van der Waals surface area contributed by atoms with Crippen LogP contribution >= 0.6 is 0 Å². The van der Waals surface area contributed by atoms with E-state index in [1.165, 1.54) is 4.90 Å². The van der Waals surface area contributed by atoms with Crippen molar-refractivity contribution in [3.8, 4) is 0 Å². The molecule has 1 amide bonds. The molecule has 1 heterocycles. The van der Waals surface area contributed by atoms with E-state index >= 15 is 0 Å². The molecule has 0 radical (unpaired) electrons. The molecule has 94 valence electrons.